The zero-order valence-corrected chi connectivity index (χ0v) is 19.4. The lowest BCUT2D eigenvalue weighted by molar-refractivity contribution is -0.138. The van der Waals surface area contributed by atoms with Gasteiger partial charge in [-0.05, 0) is 94.3 Å². The Balaban J connectivity index is 0.000000186. The average Bonchev–Trinajstić information content (AvgIpc) is 3.48. The maximum atomic E-state index is 11.4. The highest BCUT2D eigenvalue weighted by Gasteiger charge is 2.31. The molecule has 1 saturated heterocycles. The number of amides is 1. The Bertz CT molecular complexity index is 869. The topological polar surface area (TPSA) is 81.9 Å². The first kappa shape index (κ1) is 24.1. The second-order valence-electron chi connectivity index (χ2n) is 8.75. The predicted octanol–water partition coefficient (Wildman–Crippen LogP) is 3.83. The normalized spacial score (nSPS) is 19.9. The van der Waals surface area contributed by atoms with Crippen LogP contribution in [0.5, 0.6) is 11.5 Å². The number of likely N-dealkylation sites (tertiary alicyclic amines) is 1. The number of Topliss-reactive ketones (excluding diaryl/α,β-unsaturated/α-hetero) is 1. The summed E-state index contributed by atoms with van der Waals surface area (Å²) in [5, 5.41) is 0. The molecule has 0 radical (unpaired) electrons. The molecule has 1 aromatic rings. The van der Waals surface area contributed by atoms with Gasteiger partial charge in [0.25, 0.3) is 5.91 Å². The van der Waals surface area contributed by atoms with Crippen LogP contribution >= 0.6 is 0 Å². The van der Waals surface area contributed by atoms with Crippen molar-refractivity contribution in [1.82, 2.24) is 4.90 Å². The third-order valence-corrected chi connectivity index (χ3v) is 6.55. The zero-order valence-electron chi connectivity index (χ0n) is 19.4. The van der Waals surface area contributed by atoms with Crippen molar-refractivity contribution in [2.75, 3.05) is 33.9 Å². The molecule has 1 fully saturated rings. The van der Waals surface area contributed by atoms with Crippen molar-refractivity contribution in [3.05, 3.63) is 47.1 Å². The number of carbonyl (C=O) groups is 2. The Morgan fingerprint density at radius 3 is 2.50 bits per heavy atom. The molecule has 2 aliphatic carbocycles. The van der Waals surface area contributed by atoms with Gasteiger partial charge >= 0.3 is 0 Å². The summed E-state index contributed by atoms with van der Waals surface area (Å²) >= 11 is 0. The summed E-state index contributed by atoms with van der Waals surface area (Å²) in [6.45, 7) is 3.78. The van der Waals surface area contributed by atoms with Crippen LogP contribution in [0, 0.1) is 5.92 Å². The molecule has 0 bridgehead atoms. The van der Waals surface area contributed by atoms with Crippen molar-refractivity contribution in [2.24, 2.45) is 11.7 Å². The predicted molar refractivity (Wildman–Crippen MR) is 126 cm³/mol. The quantitative estimate of drug-likeness (QED) is 0.621. The van der Waals surface area contributed by atoms with E-state index >= 15 is 0 Å². The fraction of sp³-hybridized carbons (Fsp3) is 0.538. The van der Waals surface area contributed by atoms with Gasteiger partial charge in [-0.2, -0.15) is 0 Å². The van der Waals surface area contributed by atoms with Crippen molar-refractivity contribution in [2.45, 2.75) is 51.4 Å². The van der Waals surface area contributed by atoms with Gasteiger partial charge in [0.15, 0.2) is 11.5 Å². The Morgan fingerprint density at radius 2 is 1.84 bits per heavy atom. The van der Waals surface area contributed by atoms with E-state index in [2.05, 4.69) is 29.2 Å². The zero-order chi connectivity index (χ0) is 22.9. The van der Waals surface area contributed by atoms with Gasteiger partial charge in [0.05, 0.1) is 14.2 Å². The van der Waals surface area contributed by atoms with E-state index in [1.807, 2.05) is 6.07 Å². The van der Waals surface area contributed by atoms with E-state index in [1.165, 1.54) is 55.6 Å². The number of rotatable bonds is 8. The van der Waals surface area contributed by atoms with Gasteiger partial charge in [0, 0.05) is 5.92 Å². The van der Waals surface area contributed by atoms with Crippen LogP contribution in [0.15, 0.2) is 41.5 Å². The molecule has 2 N–H and O–H groups in total. The highest BCUT2D eigenvalue weighted by atomic mass is 16.5. The second kappa shape index (κ2) is 11.9. The maximum absolute atomic E-state index is 11.4. The Morgan fingerprint density at radius 1 is 1.09 bits per heavy atom. The van der Waals surface area contributed by atoms with Crippen LogP contribution in [0.2, 0.25) is 0 Å². The van der Waals surface area contributed by atoms with E-state index in [9.17, 15) is 9.59 Å². The summed E-state index contributed by atoms with van der Waals surface area (Å²) in [6.07, 6.45) is 12.8. The molecule has 1 amide bonds. The van der Waals surface area contributed by atoms with E-state index in [0.29, 0.717) is 6.42 Å². The summed E-state index contributed by atoms with van der Waals surface area (Å²) in [4.78, 5) is 24.6. The van der Waals surface area contributed by atoms with Crippen LogP contribution in [0.1, 0.15) is 50.5 Å². The summed E-state index contributed by atoms with van der Waals surface area (Å²) in [6, 6.07) is 6.21. The SMILES string of the molecule is COc1ccc(CCCN2CCCC2)cc1OC.NC(=O)C(=O)C1CC2=C(CCC=C2)C1. The summed E-state index contributed by atoms with van der Waals surface area (Å²) in [5.74, 6) is 0.254. The molecule has 0 aromatic heterocycles. The highest BCUT2D eigenvalue weighted by molar-refractivity contribution is 6.36. The van der Waals surface area contributed by atoms with Gasteiger partial charge in [-0.3, -0.25) is 9.59 Å². The number of aryl methyl sites for hydroxylation is 1. The molecule has 0 spiro atoms. The molecule has 1 atom stereocenters. The number of nitrogens with zero attached hydrogens (tertiary/aromatic N) is 1. The van der Waals surface area contributed by atoms with Crippen molar-refractivity contribution < 1.29 is 19.1 Å². The second-order valence-corrected chi connectivity index (χ2v) is 8.75. The Kier molecular flexibility index (Phi) is 8.91. The summed E-state index contributed by atoms with van der Waals surface area (Å²) in [7, 11) is 3.36. The molecule has 32 heavy (non-hydrogen) atoms. The lowest BCUT2D eigenvalue weighted by Gasteiger charge is -2.14. The summed E-state index contributed by atoms with van der Waals surface area (Å²) < 4.78 is 10.6. The van der Waals surface area contributed by atoms with E-state index in [-0.39, 0.29) is 5.92 Å². The van der Waals surface area contributed by atoms with E-state index < -0.39 is 11.7 Å². The molecule has 1 aliphatic heterocycles. The standard InChI is InChI=1S/C15H23NO2.C11H13NO2/c1-17-14-8-7-13(12-15(14)18-2)6-5-11-16-9-3-4-10-16;12-11(14)10(13)9-5-7-3-1-2-4-8(7)6-9/h7-8,12H,3-6,9-11H2,1-2H3;1,3,9H,2,4-6H2,(H2,12,14). The van der Waals surface area contributed by atoms with Crippen LogP contribution in [0.4, 0.5) is 0 Å². The molecule has 1 heterocycles. The van der Waals surface area contributed by atoms with Crippen molar-refractivity contribution in [1.29, 1.82) is 0 Å². The number of ether oxygens (including phenoxy) is 2. The van der Waals surface area contributed by atoms with Crippen LogP contribution in [-0.2, 0) is 16.0 Å². The average molecular weight is 441 g/mol. The van der Waals surface area contributed by atoms with Gasteiger partial charge in [-0.15, -0.1) is 0 Å². The van der Waals surface area contributed by atoms with E-state index in [4.69, 9.17) is 15.2 Å². The Hall–Kier alpha value is -2.60. The first-order valence-electron chi connectivity index (χ1n) is 11.7. The smallest absolute Gasteiger partial charge is 0.285 e. The van der Waals surface area contributed by atoms with Crippen LogP contribution in [0.3, 0.4) is 0 Å². The fourth-order valence-electron chi connectivity index (χ4n) is 4.78. The first-order valence-corrected chi connectivity index (χ1v) is 11.7. The molecule has 1 aromatic carbocycles. The van der Waals surface area contributed by atoms with Crippen molar-refractivity contribution >= 4 is 11.7 Å². The monoisotopic (exact) mass is 440 g/mol. The number of hydrogen-bond donors (Lipinski definition) is 1. The molecule has 3 aliphatic rings. The van der Waals surface area contributed by atoms with Gasteiger partial charge in [-0.1, -0.05) is 23.8 Å². The Labute approximate surface area is 191 Å². The molecule has 4 rings (SSSR count). The number of methoxy groups -OCH3 is 2. The fourth-order valence-corrected chi connectivity index (χ4v) is 4.78. The third-order valence-electron chi connectivity index (χ3n) is 6.55. The van der Waals surface area contributed by atoms with Crippen LogP contribution in [0.25, 0.3) is 0 Å². The summed E-state index contributed by atoms with van der Waals surface area (Å²) in [5.41, 5.74) is 8.89. The van der Waals surface area contributed by atoms with Gasteiger partial charge in [0.1, 0.15) is 0 Å². The van der Waals surface area contributed by atoms with Crippen LogP contribution in [-0.4, -0.2) is 50.4 Å². The lowest BCUT2D eigenvalue weighted by atomic mass is 9.98. The number of allylic oxidation sites excluding steroid dienone is 4. The van der Waals surface area contributed by atoms with Crippen molar-refractivity contribution in [3.63, 3.8) is 0 Å². The lowest BCUT2D eigenvalue weighted by Crippen LogP contribution is -2.29. The molecular weight excluding hydrogens is 404 g/mol. The maximum Gasteiger partial charge on any atom is 0.285 e. The van der Waals surface area contributed by atoms with Crippen molar-refractivity contribution in [3.8, 4) is 11.5 Å². The van der Waals surface area contributed by atoms with Gasteiger partial charge in [0.2, 0.25) is 5.78 Å². The number of hydrogen-bond acceptors (Lipinski definition) is 5. The molecule has 0 saturated carbocycles. The third kappa shape index (κ3) is 6.45. The molecular formula is C26H36N2O4. The first-order chi connectivity index (χ1) is 15.5. The molecule has 6 heteroatoms. The highest BCUT2D eigenvalue weighted by Crippen LogP contribution is 2.37. The number of carbonyl (C=O) groups excluding carboxylic acids is 2. The molecule has 174 valence electrons. The number of nitrogens with two attached hydrogens (primary N) is 1. The number of ketones is 1. The van der Waals surface area contributed by atoms with E-state index in [0.717, 1.165) is 37.2 Å². The van der Waals surface area contributed by atoms with Crippen LogP contribution < -0.4 is 15.2 Å². The van der Waals surface area contributed by atoms with Gasteiger partial charge in [-0.25, -0.2) is 0 Å². The molecule has 6 nitrogen and oxygen atoms in total. The minimum Gasteiger partial charge on any atom is -0.493 e. The van der Waals surface area contributed by atoms with Gasteiger partial charge < -0.3 is 20.1 Å². The minimum absolute atomic E-state index is 0.180. The molecule has 1 unspecified atom stereocenters. The number of primary amides is 1. The minimum atomic E-state index is -0.793. The number of benzene rings is 1. The van der Waals surface area contributed by atoms with E-state index in [1.54, 1.807) is 14.2 Å². The largest absolute Gasteiger partial charge is 0.493 e.